The fraction of sp³-hybridized carbons (Fsp3) is 0.533. The number of hydrogen-bond donors (Lipinski definition) is 1. The zero-order valence-electron chi connectivity index (χ0n) is 11.3. The van der Waals surface area contributed by atoms with Crippen LogP contribution in [0.5, 0.6) is 5.75 Å². The van der Waals surface area contributed by atoms with E-state index >= 15 is 0 Å². The van der Waals surface area contributed by atoms with Crippen LogP contribution in [0.1, 0.15) is 36.2 Å². The van der Waals surface area contributed by atoms with E-state index in [0.717, 1.165) is 18.7 Å². The molecule has 1 fully saturated rings. The van der Waals surface area contributed by atoms with Crippen molar-refractivity contribution < 1.29 is 9.90 Å². The van der Waals surface area contributed by atoms with Gasteiger partial charge in [0, 0.05) is 13.1 Å². The molecule has 3 heteroatoms. The molecule has 1 aromatic carbocycles. The van der Waals surface area contributed by atoms with Crippen molar-refractivity contribution in [2.45, 2.75) is 27.2 Å². The molecule has 0 radical (unpaired) electrons. The number of aromatic hydroxyl groups is 1. The van der Waals surface area contributed by atoms with Gasteiger partial charge in [0.25, 0.3) is 5.91 Å². The molecule has 0 saturated carbocycles. The fourth-order valence-electron chi connectivity index (χ4n) is 2.82. The van der Waals surface area contributed by atoms with Gasteiger partial charge < -0.3 is 10.0 Å². The number of aryl methyl sites for hydroxylation is 1. The van der Waals surface area contributed by atoms with E-state index in [1.165, 1.54) is 6.42 Å². The number of rotatable bonds is 1. The molecule has 1 heterocycles. The average molecular weight is 247 g/mol. The van der Waals surface area contributed by atoms with Gasteiger partial charge in [-0.25, -0.2) is 0 Å². The van der Waals surface area contributed by atoms with Crippen LogP contribution in [0.15, 0.2) is 18.2 Å². The first-order valence-electron chi connectivity index (χ1n) is 6.56. The van der Waals surface area contributed by atoms with Gasteiger partial charge in [0.1, 0.15) is 5.75 Å². The van der Waals surface area contributed by atoms with Gasteiger partial charge in [-0.05, 0) is 37.3 Å². The Labute approximate surface area is 108 Å². The van der Waals surface area contributed by atoms with Crippen LogP contribution in [0.3, 0.4) is 0 Å². The number of carbonyl (C=O) groups is 1. The van der Waals surface area contributed by atoms with Gasteiger partial charge in [0.05, 0.1) is 5.56 Å². The molecule has 2 rings (SSSR count). The molecule has 1 N–H and O–H groups in total. The molecule has 0 aliphatic carbocycles. The molecule has 0 bridgehead atoms. The predicted octanol–water partition coefficient (Wildman–Crippen LogP) is 2.82. The zero-order chi connectivity index (χ0) is 13.3. The Morgan fingerprint density at radius 1 is 1.28 bits per heavy atom. The summed E-state index contributed by atoms with van der Waals surface area (Å²) in [6, 6.07) is 5.18. The second-order valence-corrected chi connectivity index (χ2v) is 5.68. The number of piperidine rings is 1. The molecule has 1 aliphatic rings. The maximum absolute atomic E-state index is 12.4. The van der Waals surface area contributed by atoms with Crippen LogP contribution in [-0.4, -0.2) is 29.0 Å². The summed E-state index contributed by atoms with van der Waals surface area (Å²) >= 11 is 0. The minimum Gasteiger partial charge on any atom is -0.507 e. The number of phenols is 1. The molecule has 98 valence electrons. The second-order valence-electron chi connectivity index (χ2n) is 5.68. The molecule has 0 spiro atoms. The average Bonchev–Trinajstić information content (AvgIpc) is 2.30. The first-order valence-corrected chi connectivity index (χ1v) is 6.56. The molecule has 1 aliphatic heterocycles. The minimum absolute atomic E-state index is 0.0467. The molecule has 3 nitrogen and oxygen atoms in total. The number of likely N-dealkylation sites (tertiary alicyclic amines) is 1. The lowest BCUT2D eigenvalue weighted by atomic mass is 9.91. The third-order valence-electron chi connectivity index (χ3n) is 3.54. The Balaban J connectivity index is 2.22. The van der Waals surface area contributed by atoms with E-state index in [9.17, 15) is 9.90 Å². The first kappa shape index (κ1) is 12.9. The molecule has 2 unspecified atom stereocenters. The van der Waals surface area contributed by atoms with Gasteiger partial charge in [-0.15, -0.1) is 0 Å². The van der Waals surface area contributed by atoms with Crippen molar-refractivity contribution in [1.29, 1.82) is 0 Å². The highest BCUT2D eigenvalue weighted by molar-refractivity contribution is 5.97. The van der Waals surface area contributed by atoms with E-state index in [2.05, 4.69) is 13.8 Å². The third-order valence-corrected chi connectivity index (χ3v) is 3.54. The van der Waals surface area contributed by atoms with Crippen molar-refractivity contribution in [3.05, 3.63) is 29.3 Å². The molecule has 18 heavy (non-hydrogen) atoms. The number of hydrogen-bond acceptors (Lipinski definition) is 2. The van der Waals surface area contributed by atoms with Crippen molar-refractivity contribution in [3.63, 3.8) is 0 Å². The highest BCUT2D eigenvalue weighted by Crippen LogP contribution is 2.25. The van der Waals surface area contributed by atoms with E-state index in [-0.39, 0.29) is 11.7 Å². The standard InChI is InChI=1S/C15H21NO2/c1-10-4-5-14(17)13(7-10)15(18)16-8-11(2)6-12(3)9-16/h4-5,7,11-12,17H,6,8-9H2,1-3H3. The van der Waals surface area contributed by atoms with E-state index in [1.54, 1.807) is 12.1 Å². The summed E-state index contributed by atoms with van der Waals surface area (Å²) in [7, 11) is 0. The van der Waals surface area contributed by atoms with Crippen LogP contribution in [0.25, 0.3) is 0 Å². The van der Waals surface area contributed by atoms with Crippen molar-refractivity contribution >= 4 is 5.91 Å². The molecule has 0 aromatic heterocycles. The van der Waals surface area contributed by atoms with Gasteiger partial charge in [-0.1, -0.05) is 25.5 Å². The maximum atomic E-state index is 12.4. The Hall–Kier alpha value is -1.51. The Morgan fingerprint density at radius 3 is 2.50 bits per heavy atom. The van der Waals surface area contributed by atoms with E-state index in [1.807, 2.05) is 17.9 Å². The summed E-state index contributed by atoms with van der Waals surface area (Å²) in [4.78, 5) is 14.3. The Kier molecular flexibility index (Phi) is 3.60. The number of phenolic OH excluding ortho intramolecular Hbond substituents is 1. The summed E-state index contributed by atoms with van der Waals surface area (Å²) in [5.41, 5.74) is 1.42. The summed E-state index contributed by atoms with van der Waals surface area (Å²) in [5.74, 6) is 1.10. The quantitative estimate of drug-likeness (QED) is 0.829. The normalized spacial score (nSPS) is 24.1. The summed E-state index contributed by atoms with van der Waals surface area (Å²) in [6.07, 6.45) is 1.17. The predicted molar refractivity (Wildman–Crippen MR) is 71.7 cm³/mol. The first-order chi connectivity index (χ1) is 8.47. The van der Waals surface area contributed by atoms with Gasteiger partial charge >= 0.3 is 0 Å². The van der Waals surface area contributed by atoms with Crippen LogP contribution in [-0.2, 0) is 0 Å². The lowest BCUT2D eigenvalue weighted by molar-refractivity contribution is 0.0620. The van der Waals surface area contributed by atoms with Crippen LogP contribution < -0.4 is 0 Å². The monoisotopic (exact) mass is 247 g/mol. The summed E-state index contributed by atoms with van der Waals surface area (Å²) in [6.45, 7) is 7.85. The van der Waals surface area contributed by atoms with Gasteiger partial charge in [0.2, 0.25) is 0 Å². The molecular weight excluding hydrogens is 226 g/mol. The summed E-state index contributed by atoms with van der Waals surface area (Å²) < 4.78 is 0. The molecule has 1 aromatic rings. The molecule has 1 saturated heterocycles. The Morgan fingerprint density at radius 2 is 1.89 bits per heavy atom. The number of benzene rings is 1. The van der Waals surface area contributed by atoms with Crippen molar-refractivity contribution in [2.75, 3.05) is 13.1 Å². The SMILES string of the molecule is Cc1ccc(O)c(C(=O)N2CC(C)CC(C)C2)c1. The largest absolute Gasteiger partial charge is 0.507 e. The smallest absolute Gasteiger partial charge is 0.257 e. The lowest BCUT2D eigenvalue weighted by Crippen LogP contribution is -2.42. The molecule has 2 atom stereocenters. The lowest BCUT2D eigenvalue weighted by Gasteiger charge is -2.35. The highest BCUT2D eigenvalue weighted by Gasteiger charge is 2.27. The molecule has 1 amide bonds. The van der Waals surface area contributed by atoms with Crippen LogP contribution in [0.4, 0.5) is 0 Å². The van der Waals surface area contributed by atoms with Crippen molar-refractivity contribution in [2.24, 2.45) is 11.8 Å². The van der Waals surface area contributed by atoms with E-state index in [4.69, 9.17) is 0 Å². The van der Waals surface area contributed by atoms with Crippen LogP contribution in [0, 0.1) is 18.8 Å². The second kappa shape index (κ2) is 5.01. The summed E-state index contributed by atoms with van der Waals surface area (Å²) in [5, 5.41) is 9.82. The third kappa shape index (κ3) is 2.66. The number of amides is 1. The molecular formula is C15H21NO2. The van der Waals surface area contributed by atoms with Gasteiger partial charge in [-0.2, -0.15) is 0 Å². The van der Waals surface area contributed by atoms with E-state index in [0.29, 0.717) is 17.4 Å². The van der Waals surface area contributed by atoms with Gasteiger partial charge in [-0.3, -0.25) is 4.79 Å². The number of nitrogens with zero attached hydrogens (tertiary/aromatic N) is 1. The van der Waals surface area contributed by atoms with E-state index < -0.39 is 0 Å². The number of carbonyl (C=O) groups excluding carboxylic acids is 1. The van der Waals surface area contributed by atoms with Crippen LogP contribution >= 0.6 is 0 Å². The fourth-order valence-corrected chi connectivity index (χ4v) is 2.82. The zero-order valence-corrected chi connectivity index (χ0v) is 11.3. The maximum Gasteiger partial charge on any atom is 0.257 e. The van der Waals surface area contributed by atoms with Crippen molar-refractivity contribution in [3.8, 4) is 5.75 Å². The van der Waals surface area contributed by atoms with Crippen molar-refractivity contribution in [1.82, 2.24) is 4.90 Å². The Bertz CT molecular complexity index is 446. The van der Waals surface area contributed by atoms with Gasteiger partial charge in [0.15, 0.2) is 0 Å². The topological polar surface area (TPSA) is 40.5 Å². The minimum atomic E-state index is -0.0467. The van der Waals surface area contributed by atoms with Crippen LogP contribution in [0.2, 0.25) is 0 Å². The highest BCUT2D eigenvalue weighted by atomic mass is 16.3.